The van der Waals surface area contributed by atoms with Gasteiger partial charge in [0.05, 0.1) is 6.61 Å². The molecule has 0 saturated carbocycles. The number of hydrogen-bond acceptors (Lipinski definition) is 6. The van der Waals surface area contributed by atoms with Gasteiger partial charge in [0.15, 0.2) is 6.29 Å². The predicted octanol–water partition coefficient (Wildman–Crippen LogP) is 1.11. The summed E-state index contributed by atoms with van der Waals surface area (Å²) in [5.41, 5.74) is 0. The molecule has 0 unspecified atom stereocenters. The molecule has 0 spiro atoms. The predicted molar refractivity (Wildman–Crippen MR) is 86.9 cm³/mol. The molecule has 5 atom stereocenters. The third-order valence-electron chi connectivity index (χ3n) is 4.20. The lowest BCUT2D eigenvalue weighted by atomic mass is 9.99. The molecule has 6 heteroatoms. The van der Waals surface area contributed by atoms with Crippen LogP contribution in [0.15, 0.2) is 12.7 Å². The zero-order valence-electron chi connectivity index (χ0n) is 13.8. The first-order valence-electron chi connectivity index (χ1n) is 8.64. The van der Waals surface area contributed by atoms with Crippen LogP contribution in [-0.4, -0.2) is 64.3 Å². The quantitative estimate of drug-likeness (QED) is 0.316. The van der Waals surface area contributed by atoms with Gasteiger partial charge in [-0.3, -0.25) is 0 Å². The number of aliphatic hydroxyl groups excluding tert-OH is 4. The molecule has 1 aliphatic heterocycles. The molecule has 0 bridgehead atoms. The molecule has 0 aliphatic carbocycles. The minimum absolute atomic E-state index is 0.403. The minimum atomic E-state index is -1.45. The Hall–Kier alpha value is -0.500. The largest absolute Gasteiger partial charge is 0.394 e. The van der Waals surface area contributed by atoms with Gasteiger partial charge in [-0.2, -0.15) is 0 Å². The lowest BCUT2D eigenvalue weighted by molar-refractivity contribution is -0.294. The third-order valence-corrected chi connectivity index (χ3v) is 4.20. The van der Waals surface area contributed by atoms with Crippen LogP contribution < -0.4 is 0 Å². The molecule has 0 amide bonds. The van der Waals surface area contributed by atoms with E-state index in [1.807, 2.05) is 6.08 Å². The van der Waals surface area contributed by atoms with Crippen molar-refractivity contribution < 1.29 is 29.9 Å². The molecule has 1 fully saturated rings. The zero-order valence-corrected chi connectivity index (χ0v) is 13.8. The van der Waals surface area contributed by atoms with Crippen LogP contribution in [0.25, 0.3) is 0 Å². The fourth-order valence-corrected chi connectivity index (χ4v) is 2.76. The monoisotopic (exact) mass is 332 g/mol. The Morgan fingerprint density at radius 1 is 0.913 bits per heavy atom. The van der Waals surface area contributed by atoms with Crippen molar-refractivity contribution in [3.8, 4) is 0 Å². The van der Waals surface area contributed by atoms with Crippen LogP contribution in [0, 0.1) is 0 Å². The molecule has 4 N–H and O–H groups in total. The van der Waals surface area contributed by atoms with E-state index in [0.29, 0.717) is 6.61 Å². The summed E-state index contributed by atoms with van der Waals surface area (Å²) < 4.78 is 10.4. The first-order chi connectivity index (χ1) is 11.1. The van der Waals surface area contributed by atoms with E-state index in [1.165, 1.54) is 25.7 Å². The molecule has 1 aliphatic rings. The summed E-state index contributed by atoms with van der Waals surface area (Å²) in [6, 6.07) is 0. The molecule has 136 valence electrons. The molecular formula is C17H32O6. The van der Waals surface area contributed by atoms with Crippen molar-refractivity contribution in [1.82, 2.24) is 0 Å². The first kappa shape index (κ1) is 20.5. The molecule has 0 aromatic heterocycles. The summed E-state index contributed by atoms with van der Waals surface area (Å²) in [5.74, 6) is 0. The third kappa shape index (κ3) is 7.28. The van der Waals surface area contributed by atoms with Crippen LogP contribution in [0.4, 0.5) is 0 Å². The summed E-state index contributed by atoms with van der Waals surface area (Å²) >= 11 is 0. The highest BCUT2D eigenvalue weighted by Gasteiger charge is 2.44. The van der Waals surface area contributed by atoms with Crippen LogP contribution >= 0.6 is 0 Å². The van der Waals surface area contributed by atoms with Crippen molar-refractivity contribution in [2.45, 2.75) is 82.1 Å². The van der Waals surface area contributed by atoms with Crippen molar-refractivity contribution in [2.75, 3.05) is 13.2 Å². The van der Waals surface area contributed by atoms with Crippen LogP contribution in [0.3, 0.4) is 0 Å². The fraction of sp³-hybridized carbons (Fsp3) is 0.882. The van der Waals surface area contributed by atoms with Crippen molar-refractivity contribution in [3.05, 3.63) is 12.7 Å². The Labute approximate surface area is 138 Å². The van der Waals surface area contributed by atoms with Crippen molar-refractivity contribution in [3.63, 3.8) is 0 Å². The maximum atomic E-state index is 9.97. The average molecular weight is 332 g/mol. The molecule has 0 radical (unpaired) electrons. The van der Waals surface area contributed by atoms with Crippen molar-refractivity contribution >= 4 is 0 Å². The van der Waals surface area contributed by atoms with E-state index >= 15 is 0 Å². The molecule has 0 aromatic rings. The molecule has 6 nitrogen and oxygen atoms in total. The molecule has 1 heterocycles. The van der Waals surface area contributed by atoms with Gasteiger partial charge >= 0.3 is 0 Å². The van der Waals surface area contributed by atoms with Gasteiger partial charge < -0.3 is 29.9 Å². The maximum Gasteiger partial charge on any atom is 0.184 e. The Bertz CT molecular complexity index is 311. The summed E-state index contributed by atoms with van der Waals surface area (Å²) in [5, 5.41) is 38.4. The zero-order chi connectivity index (χ0) is 17.1. The highest BCUT2D eigenvalue weighted by atomic mass is 16.6. The van der Waals surface area contributed by atoms with Gasteiger partial charge in [-0.05, 0) is 19.3 Å². The standard InChI is InChI=1S/C17H32O6/c1-2-3-4-5-6-7-8-9-10-11-22-16-14(19)13(12-18)23-17(21)15(16)20/h2,13-21H,1,3-12H2/t13-,14-,15-,16+,17+/m1/s1. The summed E-state index contributed by atoms with van der Waals surface area (Å²) in [7, 11) is 0. The SMILES string of the molecule is C=CCCCCCCCCCO[C@@H]1[C@@H](O)[C@@H](O)O[C@H](CO)[C@H]1O. The second-order valence-electron chi connectivity index (χ2n) is 6.12. The number of ether oxygens (including phenoxy) is 2. The van der Waals surface area contributed by atoms with E-state index in [1.54, 1.807) is 0 Å². The fourth-order valence-electron chi connectivity index (χ4n) is 2.76. The molecule has 1 saturated heterocycles. The van der Waals surface area contributed by atoms with Crippen LogP contribution in [0.1, 0.15) is 51.4 Å². The van der Waals surface area contributed by atoms with Gasteiger partial charge in [-0.1, -0.05) is 38.2 Å². The summed E-state index contributed by atoms with van der Waals surface area (Å²) in [6.45, 7) is 3.67. The molecule has 0 aromatic carbocycles. The lowest BCUT2D eigenvalue weighted by Crippen LogP contribution is -2.59. The summed E-state index contributed by atoms with van der Waals surface area (Å²) in [4.78, 5) is 0. The number of allylic oxidation sites excluding steroid dienone is 1. The van der Waals surface area contributed by atoms with Gasteiger partial charge in [-0.25, -0.2) is 0 Å². The molecular weight excluding hydrogens is 300 g/mol. The first-order valence-corrected chi connectivity index (χ1v) is 8.64. The maximum absolute atomic E-state index is 9.97. The summed E-state index contributed by atoms with van der Waals surface area (Å²) in [6.07, 6.45) is 5.15. The normalized spacial score (nSPS) is 31.2. The Kier molecular flexibility index (Phi) is 10.7. The van der Waals surface area contributed by atoms with Gasteiger partial charge in [0.2, 0.25) is 0 Å². The topological polar surface area (TPSA) is 99.4 Å². The van der Waals surface area contributed by atoms with Gasteiger partial charge in [0.25, 0.3) is 0 Å². The van der Waals surface area contributed by atoms with E-state index in [-0.39, 0.29) is 0 Å². The highest BCUT2D eigenvalue weighted by molar-refractivity contribution is 4.89. The van der Waals surface area contributed by atoms with Crippen molar-refractivity contribution in [1.29, 1.82) is 0 Å². The smallest absolute Gasteiger partial charge is 0.184 e. The van der Waals surface area contributed by atoms with Crippen LogP contribution in [-0.2, 0) is 9.47 Å². The van der Waals surface area contributed by atoms with Crippen molar-refractivity contribution in [2.24, 2.45) is 0 Å². The minimum Gasteiger partial charge on any atom is -0.394 e. The van der Waals surface area contributed by atoms with E-state index in [2.05, 4.69) is 6.58 Å². The molecule has 1 rings (SSSR count). The number of unbranched alkanes of at least 4 members (excludes halogenated alkanes) is 7. The van der Waals surface area contributed by atoms with E-state index in [4.69, 9.17) is 14.6 Å². The Morgan fingerprint density at radius 3 is 2.13 bits per heavy atom. The van der Waals surface area contributed by atoms with E-state index < -0.39 is 37.3 Å². The van der Waals surface area contributed by atoms with Gasteiger partial charge in [0.1, 0.15) is 24.4 Å². The van der Waals surface area contributed by atoms with Gasteiger partial charge in [0, 0.05) is 6.61 Å². The average Bonchev–Trinajstić information content (AvgIpc) is 2.55. The Morgan fingerprint density at radius 2 is 1.52 bits per heavy atom. The lowest BCUT2D eigenvalue weighted by Gasteiger charge is -2.39. The van der Waals surface area contributed by atoms with Gasteiger partial charge in [-0.15, -0.1) is 6.58 Å². The number of hydrogen-bond donors (Lipinski definition) is 4. The second kappa shape index (κ2) is 11.9. The van der Waals surface area contributed by atoms with Crippen LogP contribution in [0.2, 0.25) is 0 Å². The van der Waals surface area contributed by atoms with Crippen LogP contribution in [0.5, 0.6) is 0 Å². The van der Waals surface area contributed by atoms with E-state index in [9.17, 15) is 15.3 Å². The second-order valence-corrected chi connectivity index (χ2v) is 6.12. The highest BCUT2D eigenvalue weighted by Crippen LogP contribution is 2.22. The number of rotatable bonds is 12. The Balaban J connectivity index is 2.10. The number of aliphatic hydroxyl groups is 4. The van der Waals surface area contributed by atoms with E-state index in [0.717, 1.165) is 25.7 Å². The molecule has 23 heavy (non-hydrogen) atoms.